The number of carbonyl (C=O) groups is 1. The van der Waals surface area contributed by atoms with Crippen molar-refractivity contribution in [3.05, 3.63) is 24.3 Å². The molecule has 0 unspecified atom stereocenters. The second-order valence-corrected chi connectivity index (χ2v) is 5.86. The predicted molar refractivity (Wildman–Crippen MR) is 72.9 cm³/mol. The molecule has 1 amide bonds. The molecule has 0 atom stereocenters. The lowest BCUT2D eigenvalue weighted by atomic mass is 10.3. The highest BCUT2D eigenvalue weighted by Crippen LogP contribution is 2.25. The summed E-state index contributed by atoms with van der Waals surface area (Å²) in [4.78, 5) is 13.6. The monoisotopic (exact) mass is 283 g/mol. The first kappa shape index (κ1) is 13.9. The van der Waals surface area contributed by atoms with Gasteiger partial charge in [0.15, 0.2) is 18.1 Å². The van der Waals surface area contributed by atoms with Gasteiger partial charge in [-0.25, -0.2) is 0 Å². The summed E-state index contributed by atoms with van der Waals surface area (Å²) in [6.07, 6.45) is 0. The van der Waals surface area contributed by atoms with Crippen molar-refractivity contribution in [2.24, 2.45) is 0 Å². The van der Waals surface area contributed by atoms with E-state index in [9.17, 15) is 9.00 Å². The lowest BCUT2D eigenvalue weighted by molar-refractivity contribution is -0.133. The third-order valence-electron chi connectivity index (χ3n) is 2.95. The molecule has 5 nitrogen and oxygen atoms in total. The Morgan fingerprint density at radius 3 is 2.53 bits per heavy atom. The zero-order valence-corrected chi connectivity index (χ0v) is 11.6. The lowest BCUT2D eigenvalue weighted by Crippen LogP contribution is -2.43. The summed E-state index contributed by atoms with van der Waals surface area (Å²) in [5, 5.41) is 0. The van der Waals surface area contributed by atoms with Crippen LogP contribution in [0.2, 0.25) is 0 Å². The average molecular weight is 283 g/mol. The summed E-state index contributed by atoms with van der Waals surface area (Å²) < 4.78 is 21.8. The van der Waals surface area contributed by atoms with Gasteiger partial charge in [0.25, 0.3) is 5.91 Å². The summed E-state index contributed by atoms with van der Waals surface area (Å²) in [6, 6.07) is 7.21. The van der Waals surface area contributed by atoms with Crippen LogP contribution in [0.15, 0.2) is 24.3 Å². The van der Waals surface area contributed by atoms with Crippen LogP contribution in [0.3, 0.4) is 0 Å². The molecule has 1 aliphatic rings. The predicted octanol–water partition coefficient (Wildman–Crippen LogP) is 0.665. The van der Waals surface area contributed by atoms with Crippen molar-refractivity contribution in [3.8, 4) is 11.5 Å². The van der Waals surface area contributed by atoms with Gasteiger partial charge in [-0.1, -0.05) is 12.1 Å². The fourth-order valence-corrected chi connectivity index (χ4v) is 2.91. The van der Waals surface area contributed by atoms with Crippen LogP contribution in [0, 0.1) is 0 Å². The molecule has 104 valence electrons. The number of ether oxygens (including phenoxy) is 2. The molecule has 0 radical (unpaired) electrons. The van der Waals surface area contributed by atoms with Crippen LogP contribution < -0.4 is 9.47 Å². The van der Waals surface area contributed by atoms with E-state index >= 15 is 0 Å². The van der Waals surface area contributed by atoms with Crippen LogP contribution in [0.25, 0.3) is 0 Å². The van der Waals surface area contributed by atoms with Crippen molar-refractivity contribution >= 4 is 16.7 Å². The molecule has 1 aromatic rings. The van der Waals surface area contributed by atoms with Crippen molar-refractivity contribution in [3.63, 3.8) is 0 Å². The van der Waals surface area contributed by atoms with Crippen LogP contribution >= 0.6 is 0 Å². The van der Waals surface area contributed by atoms with Gasteiger partial charge in [0.2, 0.25) is 0 Å². The van der Waals surface area contributed by atoms with Crippen LogP contribution in [-0.4, -0.2) is 53.3 Å². The van der Waals surface area contributed by atoms with Gasteiger partial charge in [-0.2, -0.15) is 0 Å². The maximum absolute atomic E-state index is 11.9. The van der Waals surface area contributed by atoms with Gasteiger partial charge in [-0.3, -0.25) is 9.00 Å². The smallest absolute Gasteiger partial charge is 0.260 e. The van der Waals surface area contributed by atoms with E-state index in [1.807, 2.05) is 12.1 Å². The molecule has 2 rings (SSSR count). The van der Waals surface area contributed by atoms with Gasteiger partial charge >= 0.3 is 0 Å². The molecule has 0 bridgehead atoms. The van der Waals surface area contributed by atoms with Gasteiger partial charge in [0.1, 0.15) is 0 Å². The van der Waals surface area contributed by atoms with Crippen molar-refractivity contribution in [2.75, 3.05) is 38.3 Å². The van der Waals surface area contributed by atoms with Crippen LogP contribution in [0.1, 0.15) is 0 Å². The number of methoxy groups -OCH3 is 1. The molecule has 0 N–H and O–H groups in total. The summed E-state index contributed by atoms with van der Waals surface area (Å²) in [5.41, 5.74) is 0. The molecule has 6 heteroatoms. The van der Waals surface area contributed by atoms with Crippen molar-refractivity contribution in [2.45, 2.75) is 0 Å². The summed E-state index contributed by atoms with van der Waals surface area (Å²) in [5.74, 6) is 2.19. The highest BCUT2D eigenvalue weighted by molar-refractivity contribution is 7.85. The van der Waals surface area contributed by atoms with Crippen molar-refractivity contribution in [1.29, 1.82) is 0 Å². The van der Waals surface area contributed by atoms with E-state index in [0.717, 1.165) is 0 Å². The Balaban J connectivity index is 1.88. The molecule has 19 heavy (non-hydrogen) atoms. The quantitative estimate of drug-likeness (QED) is 0.815. The first-order chi connectivity index (χ1) is 9.20. The number of carbonyl (C=O) groups excluding carboxylic acids is 1. The Kier molecular flexibility index (Phi) is 4.79. The van der Waals surface area contributed by atoms with Crippen LogP contribution in [-0.2, 0) is 15.6 Å². The molecule has 0 saturated carbocycles. The van der Waals surface area contributed by atoms with Gasteiger partial charge in [0.05, 0.1) is 7.11 Å². The zero-order valence-electron chi connectivity index (χ0n) is 10.8. The molecule has 0 aliphatic carbocycles. The molecule has 1 aromatic carbocycles. The number of benzene rings is 1. The topological polar surface area (TPSA) is 55.8 Å². The molecular formula is C13H17NO4S. The van der Waals surface area contributed by atoms with Gasteiger partial charge in [0, 0.05) is 35.4 Å². The SMILES string of the molecule is COc1ccccc1OCC(=O)N1CCS(=O)CC1. The maximum atomic E-state index is 11.9. The van der Waals surface area contributed by atoms with E-state index in [4.69, 9.17) is 9.47 Å². The van der Waals surface area contributed by atoms with E-state index in [1.54, 1.807) is 24.1 Å². The fourth-order valence-electron chi connectivity index (χ4n) is 1.86. The minimum atomic E-state index is -0.777. The van der Waals surface area contributed by atoms with Crippen molar-refractivity contribution < 1.29 is 18.5 Å². The van der Waals surface area contributed by atoms with E-state index in [2.05, 4.69) is 0 Å². The molecule has 1 aliphatic heterocycles. The number of hydrogen-bond donors (Lipinski definition) is 0. The highest BCUT2D eigenvalue weighted by atomic mass is 32.2. The molecule has 0 aromatic heterocycles. The highest BCUT2D eigenvalue weighted by Gasteiger charge is 2.20. The lowest BCUT2D eigenvalue weighted by Gasteiger charge is -2.26. The molecule has 1 heterocycles. The van der Waals surface area contributed by atoms with E-state index in [1.165, 1.54) is 0 Å². The Bertz CT molecular complexity index is 467. The normalized spacial score (nSPS) is 16.2. The summed E-state index contributed by atoms with van der Waals surface area (Å²) in [7, 11) is 0.782. The number of amides is 1. The van der Waals surface area contributed by atoms with Gasteiger partial charge < -0.3 is 14.4 Å². The zero-order chi connectivity index (χ0) is 13.7. The fraction of sp³-hybridized carbons (Fsp3) is 0.462. The summed E-state index contributed by atoms with van der Waals surface area (Å²) >= 11 is 0. The first-order valence-electron chi connectivity index (χ1n) is 6.09. The second kappa shape index (κ2) is 6.56. The van der Waals surface area contributed by atoms with E-state index in [0.29, 0.717) is 36.1 Å². The third kappa shape index (κ3) is 3.70. The Morgan fingerprint density at radius 2 is 1.89 bits per heavy atom. The van der Waals surface area contributed by atoms with Crippen LogP contribution in [0.4, 0.5) is 0 Å². The average Bonchev–Trinajstić information content (AvgIpc) is 2.45. The Morgan fingerprint density at radius 1 is 1.26 bits per heavy atom. The van der Waals surface area contributed by atoms with E-state index < -0.39 is 10.8 Å². The first-order valence-corrected chi connectivity index (χ1v) is 7.58. The Labute approximate surface area is 115 Å². The van der Waals surface area contributed by atoms with Gasteiger partial charge in [-0.15, -0.1) is 0 Å². The molecule has 1 fully saturated rings. The molecule has 0 spiro atoms. The summed E-state index contributed by atoms with van der Waals surface area (Å²) in [6.45, 7) is 1.06. The minimum Gasteiger partial charge on any atom is -0.493 e. The third-order valence-corrected chi connectivity index (χ3v) is 4.23. The van der Waals surface area contributed by atoms with E-state index in [-0.39, 0.29) is 12.5 Å². The maximum Gasteiger partial charge on any atom is 0.260 e. The second-order valence-electron chi connectivity index (χ2n) is 4.17. The number of rotatable bonds is 4. The van der Waals surface area contributed by atoms with Crippen LogP contribution in [0.5, 0.6) is 11.5 Å². The van der Waals surface area contributed by atoms with Crippen molar-refractivity contribution in [1.82, 2.24) is 4.90 Å². The molecular weight excluding hydrogens is 266 g/mol. The number of nitrogens with zero attached hydrogens (tertiary/aromatic N) is 1. The number of para-hydroxylation sites is 2. The largest absolute Gasteiger partial charge is 0.493 e. The number of hydrogen-bond acceptors (Lipinski definition) is 4. The van der Waals surface area contributed by atoms with Gasteiger partial charge in [-0.05, 0) is 12.1 Å². The standard InChI is InChI=1S/C13H17NO4S/c1-17-11-4-2-3-5-12(11)18-10-13(15)14-6-8-19(16)9-7-14/h2-5H,6-10H2,1H3. The minimum absolute atomic E-state index is 0.0208. The Hall–Kier alpha value is -1.56. The molecule has 1 saturated heterocycles.